The van der Waals surface area contributed by atoms with E-state index in [0.717, 1.165) is 25.9 Å². The highest BCUT2D eigenvalue weighted by Gasteiger charge is 2.48. The van der Waals surface area contributed by atoms with Gasteiger partial charge in [-0.1, -0.05) is 0 Å². The lowest BCUT2D eigenvalue weighted by Gasteiger charge is -2.27. The van der Waals surface area contributed by atoms with E-state index in [0.29, 0.717) is 13.2 Å². The van der Waals surface area contributed by atoms with E-state index in [-0.39, 0.29) is 24.6 Å². The first-order valence-corrected chi connectivity index (χ1v) is 6.03. The molecule has 3 aliphatic heterocycles. The van der Waals surface area contributed by atoms with Crippen molar-refractivity contribution in [1.82, 2.24) is 0 Å². The summed E-state index contributed by atoms with van der Waals surface area (Å²) in [6.07, 6.45) is 2.14. The lowest BCUT2D eigenvalue weighted by atomic mass is 10.1. The predicted molar refractivity (Wildman–Crippen MR) is 54.0 cm³/mol. The Balaban J connectivity index is 1.55. The summed E-state index contributed by atoms with van der Waals surface area (Å²) in [6, 6.07) is 0. The third-order valence-corrected chi connectivity index (χ3v) is 3.45. The third kappa shape index (κ3) is 1.98. The summed E-state index contributed by atoms with van der Waals surface area (Å²) < 4.78 is 22.3. The molecular formula is C11H18O5. The highest BCUT2D eigenvalue weighted by molar-refractivity contribution is 4.95. The molecule has 0 saturated carbocycles. The van der Waals surface area contributed by atoms with Crippen LogP contribution in [0.25, 0.3) is 0 Å². The zero-order valence-corrected chi connectivity index (χ0v) is 9.21. The minimum Gasteiger partial charge on any atom is -0.388 e. The number of hydrogen-bond acceptors (Lipinski definition) is 5. The van der Waals surface area contributed by atoms with Crippen molar-refractivity contribution in [3.8, 4) is 0 Å². The van der Waals surface area contributed by atoms with Crippen molar-refractivity contribution in [2.75, 3.05) is 19.8 Å². The SMILES string of the molecule is O[C@@H]1COC2C1OC[C@@H]2OC1CCCCO1. The van der Waals surface area contributed by atoms with Gasteiger partial charge in [-0.15, -0.1) is 0 Å². The van der Waals surface area contributed by atoms with E-state index in [2.05, 4.69) is 0 Å². The number of rotatable bonds is 2. The molecule has 3 rings (SSSR count). The molecule has 3 saturated heterocycles. The smallest absolute Gasteiger partial charge is 0.158 e. The summed E-state index contributed by atoms with van der Waals surface area (Å²) in [5.41, 5.74) is 0. The van der Waals surface area contributed by atoms with Gasteiger partial charge in [0.15, 0.2) is 6.29 Å². The molecule has 92 valence electrons. The molecule has 0 aromatic heterocycles. The molecule has 16 heavy (non-hydrogen) atoms. The first-order valence-electron chi connectivity index (χ1n) is 6.03. The summed E-state index contributed by atoms with van der Waals surface area (Å²) in [6.45, 7) is 1.61. The van der Waals surface area contributed by atoms with E-state index >= 15 is 0 Å². The number of aliphatic hydroxyl groups is 1. The van der Waals surface area contributed by atoms with Crippen LogP contribution in [0.2, 0.25) is 0 Å². The fourth-order valence-electron chi connectivity index (χ4n) is 2.57. The van der Waals surface area contributed by atoms with Gasteiger partial charge < -0.3 is 24.1 Å². The molecule has 1 N–H and O–H groups in total. The molecule has 0 radical (unpaired) electrons. The molecule has 3 heterocycles. The third-order valence-electron chi connectivity index (χ3n) is 3.45. The molecule has 3 aliphatic rings. The maximum absolute atomic E-state index is 9.59. The van der Waals surface area contributed by atoms with Gasteiger partial charge in [0.2, 0.25) is 0 Å². The van der Waals surface area contributed by atoms with Crippen LogP contribution >= 0.6 is 0 Å². The van der Waals surface area contributed by atoms with Crippen molar-refractivity contribution in [2.24, 2.45) is 0 Å². The molecule has 0 bridgehead atoms. The van der Waals surface area contributed by atoms with Crippen LogP contribution < -0.4 is 0 Å². The van der Waals surface area contributed by atoms with Gasteiger partial charge in [-0.2, -0.15) is 0 Å². The van der Waals surface area contributed by atoms with Gasteiger partial charge in [0.05, 0.1) is 13.2 Å². The minimum atomic E-state index is -0.508. The maximum atomic E-state index is 9.59. The molecule has 3 fully saturated rings. The Morgan fingerprint density at radius 2 is 1.88 bits per heavy atom. The van der Waals surface area contributed by atoms with Crippen molar-refractivity contribution in [3.05, 3.63) is 0 Å². The van der Waals surface area contributed by atoms with Crippen LogP contribution in [0.15, 0.2) is 0 Å². The van der Waals surface area contributed by atoms with Crippen LogP contribution in [0.5, 0.6) is 0 Å². The highest BCUT2D eigenvalue weighted by Crippen LogP contribution is 2.30. The van der Waals surface area contributed by atoms with Crippen molar-refractivity contribution in [2.45, 2.75) is 50.0 Å². The molecule has 0 aromatic rings. The Bertz CT molecular complexity index is 241. The molecule has 0 amide bonds. The Labute approximate surface area is 94.6 Å². The normalized spacial score (nSPS) is 48.2. The van der Waals surface area contributed by atoms with Gasteiger partial charge in [0.1, 0.15) is 24.4 Å². The summed E-state index contributed by atoms with van der Waals surface area (Å²) >= 11 is 0. The van der Waals surface area contributed by atoms with Crippen LogP contribution in [0, 0.1) is 0 Å². The van der Waals surface area contributed by atoms with Gasteiger partial charge in [-0.25, -0.2) is 0 Å². The topological polar surface area (TPSA) is 57.2 Å². The van der Waals surface area contributed by atoms with Crippen LogP contribution in [0.4, 0.5) is 0 Å². The summed E-state index contributed by atoms with van der Waals surface area (Å²) in [4.78, 5) is 0. The lowest BCUT2D eigenvalue weighted by Crippen LogP contribution is -2.37. The minimum absolute atomic E-state index is 0.0924. The second kappa shape index (κ2) is 4.58. The second-order valence-electron chi connectivity index (χ2n) is 4.63. The molecule has 3 unspecified atom stereocenters. The van der Waals surface area contributed by atoms with E-state index in [1.165, 1.54) is 0 Å². The predicted octanol–water partition coefficient (Wildman–Crippen LogP) is 0.0567. The Hall–Kier alpha value is -0.200. The van der Waals surface area contributed by atoms with E-state index in [4.69, 9.17) is 18.9 Å². The zero-order chi connectivity index (χ0) is 11.0. The Kier molecular flexibility index (Phi) is 3.13. The first kappa shape index (κ1) is 10.9. The molecular weight excluding hydrogens is 212 g/mol. The Morgan fingerprint density at radius 3 is 2.69 bits per heavy atom. The van der Waals surface area contributed by atoms with E-state index < -0.39 is 6.10 Å². The summed E-state index contributed by atoms with van der Waals surface area (Å²) in [5, 5.41) is 9.59. The van der Waals surface area contributed by atoms with Crippen LogP contribution in [0.1, 0.15) is 19.3 Å². The van der Waals surface area contributed by atoms with Gasteiger partial charge in [0, 0.05) is 6.61 Å². The molecule has 0 spiro atoms. The van der Waals surface area contributed by atoms with Crippen molar-refractivity contribution in [3.63, 3.8) is 0 Å². The van der Waals surface area contributed by atoms with E-state index in [1.54, 1.807) is 0 Å². The summed E-state index contributed by atoms with van der Waals surface area (Å²) in [7, 11) is 0. The highest BCUT2D eigenvalue weighted by atomic mass is 16.7. The molecule has 5 atom stereocenters. The largest absolute Gasteiger partial charge is 0.388 e. The quantitative estimate of drug-likeness (QED) is 0.726. The van der Waals surface area contributed by atoms with Crippen molar-refractivity contribution in [1.29, 1.82) is 0 Å². The number of aliphatic hydroxyl groups excluding tert-OH is 1. The molecule has 0 aromatic carbocycles. The molecule has 5 nitrogen and oxygen atoms in total. The van der Waals surface area contributed by atoms with Crippen LogP contribution in [-0.2, 0) is 18.9 Å². The van der Waals surface area contributed by atoms with Gasteiger partial charge in [-0.3, -0.25) is 0 Å². The monoisotopic (exact) mass is 230 g/mol. The van der Waals surface area contributed by atoms with E-state index in [1.807, 2.05) is 0 Å². The molecule has 5 heteroatoms. The maximum Gasteiger partial charge on any atom is 0.158 e. The standard InChI is InChI=1S/C11H18O5/c12-7-5-14-11-8(6-15-10(7)11)16-9-3-1-2-4-13-9/h7-12H,1-6H2/t7-,8+,9?,10?,11?/m1/s1. The van der Waals surface area contributed by atoms with Crippen molar-refractivity contribution >= 4 is 0 Å². The van der Waals surface area contributed by atoms with E-state index in [9.17, 15) is 5.11 Å². The van der Waals surface area contributed by atoms with Crippen LogP contribution in [0.3, 0.4) is 0 Å². The lowest BCUT2D eigenvalue weighted by molar-refractivity contribution is -0.202. The van der Waals surface area contributed by atoms with Gasteiger partial charge in [0.25, 0.3) is 0 Å². The van der Waals surface area contributed by atoms with Crippen LogP contribution in [-0.4, -0.2) is 55.6 Å². The fourth-order valence-corrected chi connectivity index (χ4v) is 2.57. The first-order chi connectivity index (χ1) is 7.84. The summed E-state index contributed by atoms with van der Waals surface area (Å²) in [5.74, 6) is 0. The molecule has 0 aliphatic carbocycles. The fraction of sp³-hybridized carbons (Fsp3) is 1.00. The van der Waals surface area contributed by atoms with Crippen molar-refractivity contribution < 1.29 is 24.1 Å². The van der Waals surface area contributed by atoms with Gasteiger partial charge in [-0.05, 0) is 19.3 Å². The average molecular weight is 230 g/mol. The number of hydrogen-bond donors (Lipinski definition) is 1. The zero-order valence-electron chi connectivity index (χ0n) is 9.21. The number of fused-ring (bicyclic) bond motifs is 1. The van der Waals surface area contributed by atoms with Gasteiger partial charge >= 0.3 is 0 Å². The Morgan fingerprint density at radius 1 is 1.00 bits per heavy atom. The number of ether oxygens (including phenoxy) is 4. The second-order valence-corrected chi connectivity index (χ2v) is 4.63. The average Bonchev–Trinajstić information content (AvgIpc) is 2.86.